The number of aromatic nitrogens is 6. The number of nitrogens with two attached hydrogens (primary N) is 1. The van der Waals surface area contributed by atoms with Crippen LogP contribution in [0.4, 0.5) is 5.95 Å². The zero-order valence-electron chi connectivity index (χ0n) is 10.7. The maximum atomic E-state index is 5.63. The van der Waals surface area contributed by atoms with Crippen LogP contribution in [-0.4, -0.2) is 35.8 Å². The third-order valence-electron chi connectivity index (χ3n) is 2.03. The zero-order valence-corrected chi connectivity index (χ0v) is 10.7. The molecule has 2 aromatic rings. The third-order valence-corrected chi connectivity index (χ3v) is 2.03. The largest absolute Gasteiger partial charge is 0.461 e. The fourth-order valence-electron chi connectivity index (χ4n) is 1.43. The molecule has 8 heteroatoms. The maximum Gasteiger partial charge on any atom is 0.323 e. The molecule has 0 fully saturated rings. The summed E-state index contributed by atoms with van der Waals surface area (Å²) in [5, 5.41) is 4.18. The topological polar surface area (TPSA) is 105 Å². The van der Waals surface area contributed by atoms with Crippen LogP contribution in [-0.2, 0) is 0 Å². The van der Waals surface area contributed by atoms with Crippen molar-refractivity contribution in [1.29, 1.82) is 0 Å². The Morgan fingerprint density at radius 2 is 1.83 bits per heavy atom. The van der Waals surface area contributed by atoms with Gasteiger partial charge in [0.2, 0.25) is 5.95 Å². The molecule has 2 rings (SSSR count). The van der Waals surface area contributed by atoms with E-state index in [2.05, 4.69) is 25.0 Å². The summed E-state index contributed by atoms with van der Waals surface area (Å²) in [5.41, 5.74) is 5.63. The van der Waals surface area contributed by atoms with Crippen LogP contribution in [0.15, 0.2) is 0 Å². The quantitative estimate of drug-likeness (QED) is 0.841. The van der Waals surface area contributed by atoms with E-state index in [0.717, 1.165) is 0 Å². The van der Waals surface area contributed by atoms with Crippen LogP contribution in [0.2, 0.25) is 0 Å². The van der Waals surface area contributed by atoms with Crippen LogP contribution in [0, 0.1) is 13.8 Å². The van der Waals surface area contributed by atoms with Gasteiger partial charge in [-0.05, 0) is 27.7 Å². The minimum atomic E-state index is -0.0433. The molecule has 0 amide bonds. The van der Waals surface area contributed by atoms with E-state index >= 15 is 0 Å². The maximum absolute atomic E-state index is 5.63. The summed E-state index contributed by atoms with van der Waals surface area (Å²) in [5.74, 6) is 1.70. The molecule has 8 nitrogen and oxygen atoms in total. The predicted molar refractivity (Wildman–Crippen MR) is 64.4 cm³/mol. The van der Waals surface area contributed by atoms with E-state index in [1.54, 1.807) is 6.92 Å². The molecule has 0 atom stereocenters. The normalized spacial score (nSPS) is 10.9. The van der Waals surface area contributed by atoms with Crippen LogP contribution in [0.5, 0.6) is 6.01 Å². The van der Waals surface area contributed by atoms with Crippen molar-refractivity contribution >= 4 is 5.95 Å². The van der Waals surface area contributed by atoms with E-state index in [-0.39, 0.29) is 18.1 Å². The average molecular weight is 249 g/mol. The first kappa shape index (κ1) is 12.2. The zero-order chi connectivity index (χ0) is 13.3. The molecular weight excluding hydrogens is 234 g/mol. The molecule has 0 aromatic carbocycles. The Morgan fingerprint density at radius 3 is 2.39 bits per heavy atom. The number of anilines is 1. The Hall–Kier alpha value is -2.25. The molecule has 0 aliphatic rings. The highest BCUT2D eigenvalue weighted by molar-refractivity contribution is 5.25. The van der Waals surface area contributed by atoms with Crippen molar-refractivity contribution in [3.8, 4) is 12.0 Å². The standard InChI is InChI=1S/C10H15N7O/c1-5(2)18-10-14-8(11)13-9(15-10)17-7(4)12-6(3)16-17/h5H,1-4H3,(H2,11,13,14,15). The lowest BCUT2D eigenvalue weighted by molar-refractivity contribution is 0.221. The summed E-state index contributed by atoms with van der Waals surface area (Å²) < 4.78 is 6.90. The predicted octanol–water partition coefficient (Wildman–Crippen LogP) is 0.439. The molecule has 2 heterocycles. The van der Waals surface area contributed by atoms with E-state index in [4.69, 9.17) is 10.5 Å². The molecule has 18 heavy (non-hydrogen) atoms. The van der Waals surface area contributed by atoms with Crippen molar-refractivity contribution < 1.29 is 4.74 Å². The number of hydrogen-bond donors (Lipinski definition) is 1. The van der Waals surface area contributed by atoms with Gasteiger partial charge >= 0.3 is 6.01 Å². The van der Waals surface area contributed by atoms with Gasteiger partial charge in [-0.3, -0.25) is 0 Å². The molecule has 2 N–H and O–H groups in total. The summed E-state index contributed by atoms with van der Waals surface area (Å²) in [6.45, 7) is 7.36. The van der Waals surface area contributed by atoms with Gasteiger partial charge < -0.3 is 10.5 Å². The van der Waals surface area contributed by atoms with Gasteiger partial charge in [0.15, 0.2) is 0 Å². The number of rotatable bonds is 3. The van der Waals surface area contributed by atoms with Crippen molar-refractivity contribution in [2.45, 2.75) is 33.8 Å². The summed E-state index contributed by atoms with van der Waals surface area (Å²) in [6.07, 6.45) is -0.0433. The Bertz CT molecular complexity index is 563. The fourth-order valence-corrected chi connectivity index (χ4v) is 1.43. The summed E-state index contributed by atoms with van der Waals surface area (Å²) in [6, 6.07) is 0.181. The second-order valence-electron chi connectivity index (χ2n) is 4.06. The highest BCUT2D eigenvalue weighted by atomic mass is 16.5. The second-order valence-corrected chi connectivity index (χ2v) is 4.06. The van der Waals surface area contributed by atoms with Crippen molar-refractivity contribution in [2.75, 3.05) is 5.73 Å². The number of hydrogen-bond acceptors (Lipinski definition) is 7. The Kier molecular flexibility index (Phi) is 3.09. The highest BCUT2D eigenvalue weighted by Crippen LogP contribution is 2.11. The van der Waals surface area contributed by atoms with Gasteiger partial charge in [0, 0.05) is 0 Å². The SMILES string of the molecule is Cc1nc(C)n(-c2nc(N)nc(OC(C)C)n2)n1. The van der Waals surface area contributed by atoms with Crippen LogP contribution < -0.4 is 10.5 Å². The molecule has 0 saturated heterocycles. The number of nitrogens with zero attached hydrogens (tertiary/aromatic N) is 6. The highest BCUT2D eigenvalue weighted by Gasteiger charge is 2.12. The van der Waals surface area contributed by atoms with Gasteiger partial charge in [-0.15, -0.1) is 5.10 Å². The van der Waals surface area contributed by atoms with E-state index in [0.29, 0.717) is 17.6 Å². The molecular formula is C10H15N7O. The van der Waals surface area contributed by atoms with Crippen molar-refractivity contribution in [1.82, 2.24) is 29.7 Å². The number of ether oxygens (including phenoxy) is 1. The van der Waals surface area contributed by atoms with E-state index in [9.17, 15) is 0 Å². The van der Waals surface area contributed by atoms with Crippen LogP contribution >= 0.6 is 0 Å². The van der Waals surface area contributed by atoms with E-state index < -0.39 is 0 Å². The van der Waals surface area contributed by atoms with Crippen LogP contribution in [0.25, 0.3) is 5.95 Å². The molecule has 0 spiro atoms. The summed E-state index contributed by atoms with van der Waals surface area (Å²) in [7, 11) is 0. The van der Waals surface area contributed by atoms with Crippen molar-refractivity contribution in [3.63, 3.8) is 0 Å². The van der Waals surface area contributed by atoms with Crippen molar-refractivity contribution in [3.05, 3.63) is 11.6 Å². The minimum absolute atomic E-state index is 0.0433. The lowest BCUT2D eigenvalue weighted by Crippen LogP contribution is -2.14. The summed E-state index contributed by atoms with van der Waals surface area (Å²) in [4.78, 5) is 16.3. The minimum Gasteiger partial charge on any atom is -0.461 e. The first-order valence-electron chi connectivity index (χ1n) is 5.54. The van der Waals surface area contributed by atoms with Gasteiger partial charge in [0.1, 0.15) is 11.6 Å². The van der Waals surface area contributed by atoms with Gasteiger partial charge in [0.05, 0.1) is 6.10 Å². The van der Waals surface area contributed by atoms with Crippen molar-refractivity contribution in [2.24, 2.45) is 0 Å². The van der Waals surface area contributed by atoms with E-state index in [1.165, 1.54) is 4.68 Å². The average Bonchev–Trinajstić information content (AvgIpc) is 2.55. The van der Waals surface area contributed by atoms with Gasteiger partial charge in [0.25, 0.3) is 5.95 Å². The second kappa shape index (κ2) is 4.55. The molecule has 2 aromatic heterocycles. The molecule has 0 aliphatic carbocycles. The smallest absolute Gasteiger partial charge is 0.323 e. The molecule has 96 valence electrons. The number of nitrogen functional groups attached to an aromatic ring is 1. The lowest BCUT2D eigenvalue weighted by atomic mass is 10.5. The van der Waals surface area contributed by atoms with Crippen LogP contribution in [0.3, 0.4) is 0 Å². The molecule has 0 saturated carbocycles. The molecule has 0 radical (unpaired) electrons. The number of aryl methyl sites for hydroxylation is 2. The summed E-state index contributed by atoms with van der Waals surface area (Å²) >= 11 is 0. The Balaban J connectivity index is 2.44. The van der Waals surface area contributed by atoms with E-state index in [1.807, 2.05) is 20.8 Å². The molecule has 0 unspecified atom stereocenters. The first-order valence-corrected chi connectivity index (χ1v) is 5.54. The Morgan fingerprint density at radius 1 is 1.11 bits per heavy atom. The van der Waals surface area contributed by atoms with Crippen LogP contribution in [0.1, 0.15) is 25.5 Å². The van der Waals surface area contributed by atoms with Gasteiger partial charge in [-0.25, -0.2) is 4.98 Å². The monoisotopic (exact) mass is 249 g/mol. The first-order chi connectivity index (χ1) is 8.45. The molecule has 0 aliphatic heterocycles. The lowest BCUT2D eigenvalue weighted by Gasteiger charge is -2.09. The fraction of sp³-hybridized carbons (Fsp3) is 0.500. The molecule has 0 bridgehead atoms. The van der Waals surface area contributed by atoms with Gasteiger partial charge in [-0.2, -0.15) is 19.6 Å². The Labute approximate surface area is 104 Å². The van der Waals surface area contributed by atoms with Gasteiger partial charge in [-0.1, -0.05) is 0 Å². The third kappa shape index (κ3) is 2.53.